The maximum atomic E-state index is 5.28. The molecule has 0 N–H and O–H groups in total. The highest BCUT2D eigenvalue weighted by Gasteiger charge is 2.52. The lowest BCUT2D eigenvalue weighted by molar-refractivity contribution is 0.723. The standard InChI is InChI=1S/C60H38N2S/c1-3-14-38(15-4-1)39-26-32-44(33-27-39)59-61-54-25-12-11-21-49(54)56(62-59)43-30-28-42(29-31-43)45-22-13-24-51-55(45)48-20-5-2-6-23-50(48)60(51)52-36-34-40-16-7-9-18-46(40)57(52)63-58-47-19-10-8-17-41(47)35-37-53(58)60/h1-19,21-37H,20H2. The molecule has 0 radical (unpaired) electrons. The summed E-state index contributed by atoms with van der Waals surface area (Å²) in [5.74, 6) is 0.722. The topological polar surface area (TPSA) is 25.8 Å². The molecule has 0 unspecified atom stereocenters. The van der Waals surface area contributed by atoms with Crippen LogP contribution in [0.4, 0.5) is 0 Å². The van der Waals surface area contributed by atoms with Gasteiger partial charge in [0, 0.05) is 26.3 Å². The highest BCUT2D eigenvalue weighted by atomic mass is 32.2. The Morgan fingerprint density at radius 2 is 1.03 bits per heavy atom. The van der Waals surface area contributed by atoms with Crippen LogP contribution in [0.2, 0.25) is 0 Å². The number of para-hydroxylation sites is 1. The molecule has 2 heterocycles. The quantitative estimate of drug-likeness (QED) is 0.177. The second-order valence-corrected chi connectivity index (χ2v) is 17.7. The molecule has 9 aromatic carbocycles. The summed E-state index contributed by atoms with van der Waals surface area (Å²) in [6.45, 7) is 0. The molecule has 0 saturated heterocycles. The Bertz CT molecular complexity index is 3510. The van der Waals surface area contributed by atoms with E-state index in [1.165, 1.54) is 87.0 Å². The Hall–Kier alpha value is -7.59. The van der Waals surface area contributed by atoms with Gasteiger partial charge in [-0.3, -0.25) is 0 Å². The third kappa shape index (κ3) is 5.46. The van der Waals surface area contributed by atoms with E-state index in [1.807, 2.05) is 11.8 Å². The predicted molar refractivity (Wildman–Crippen MR) is 263 cm³/mol. The first-order chi connectivity index (χ1) is 31.2. The van der Waals surface area contributed by atoms with Crippen LogP contribution in [0.15, 0.2) is 234 Å². The lowest BCUT2D eigenvalue weighted by atomic mass is 9.65. The number of allylic oxidation sites excluding steroid dienone is 6. The molecule has 2 nitrogen and oxygen atoms in total. The molecule has 1 aromatic heterocycles. The van der Waals surface area contributed by atoms with Crippen LogP contribution in [0.25, 0.3) is 82.9 Å². The van der Waals surface area contributed by atoms with E-state index in [-0.39, 0.29) is 0 Å². The molecule has 13 rings (SSSR count). The first-order valence-corrected chi connectivity index (χ1v) is 22.5. The van der Waals surface area contributed by atoms with Gasteiger partial charge in [-0.05, 0) is 89.7 Å². The van der Waals surface area contributed by atoms with Crippen LogP contribution < -0.4 is 0 Å². The molecular weight excluding hydrogens is 781 g/mol. The van der Waals surface area contributed by atoms with Gasteiger partial charge in [0.05, 0.1) is 16.6 Å². The number of benzene rings is 9. The van der Waals surface area contributed by atoms with E-state index >= 15 is 0 Å². The van der Waals surface area contributed by atoms with Crippen LogP contribution in [0.3, 0.4) is 0 Å². The molecule has 294 valence electrons. The molecule has 1 aliphatic heterocycles. The first-order valence-electron chi connectivity index (χ1n) is 21.7. The van der Waals surface area contributed by atoms with E-state index in [0.29, 0.717) is 0 Å². The van der Waals surface area contributed by atoms with Crippen LogP contribution in [0, 0.1) is 0 Å². The van der Waals surface area contributed by atoms with Crippen LogP contribution in [0.5, 0.6) is 0 Å². The fourth-order valence-electron chi connectivity index (χ4n) is 10.6. The Balaban J connectivity index is 0.985. The summed E-state index contributed by atoms with van der Waals surface area (Å²) < 4.78 is 0. The van der Waals surface area contributed by atoms with Gasteiger partial charge in [-0.25, -0.2) is 9.97 Å². The number of fused-ring (bicyclic) bond motifs is 13. The predicted octanol–water partition coefficient (Wildman–Crippen LogP) is 15.7. The molecule has 0 amide bonds. The minimum Gasteiger partial charge on any atom is -0.228 e. The normalized spacial score (nSPS) is 14.5. The van der Waals surface area contributed by atoms with Gasteiger partial charge in [-0.15, -0.1) is 0 Å². The van der Waals surface area contributed by atoms with Crippen molar-refractivity contribution in [1.82, 2.24) is 9.97 Å². The van der Waals surface area contributed by atoms with Crippen LogP contribution in [0.1, 0.15) is 28.7 Å². The zero-order chi connectivity index (χ0) is 41.5. The smallest absolute Gasteiger partial charge is 0.160 e. The first kappa shape index (κ1) is 36.1. The summed E-state index contributed by atoms with van der Waals surface area (Å²) in [5.41, 5.74) is 16.4. The van der Waals surface area contributed by atoms with Gasteiger partial charge >= 0.3 is 0 Å². The van der Waals surface area contributed by atoms with Gasteiger partial charge in [0.25, 0.3) is 0 Å². The molecule has 63 heavy (non-hydrogen) atoms. The minimum atomic E-state index is -0.497. The zero-order valence-electron chi connectivity index (χ0n) is 34.3. The molecule has 3 heteroatoms. The SMILES string of the molecule is C1=CCC2=C(C=C1)C1(c3cccc(-c4ccc(-c5nc(-c6ccc(-c7ccccc7)cc6)nc6ccccc56)cc4)c32)c2ccc3ccccc3c2Sc2c1ccc1ccccc21. The molecule has 10 aromatic rings. The third-order valence-corrected chi connectivity index (χ3v) is 14.7. The number of hydrogen-bond acceptors (Lipinski definition) is 3. The summed E-state index contributed by atoms with van der Waals surface area (Å²) in [5, 5.41) is 6.19. The second kappa shape index (κ2) is 14.2. The number of nitrogens with zero attached hydrogens (tertiary/aromatic N) is 2. The van der Waals surface area contributed by atoms with Gasteiger partial charge in [0.1, 0.15) is 0 Å². The Morgan fingerprint density at radius 3 is 1.76 bits per heavy atom. The summed E-state index contributed by atoms with van der Waals surface area (Å²) in [6, 6.07) is 70.9. The van der Waals surface area contributed by atoms with E-state index in [0.717, 1.165) is 40.0 Å². The van der Waals surface area contributed by atoms with E-state index in [2.05, 4.69) is 218 Å². The van der Waals surface area contributed by atoms with Crippen molar-refractivity contribution in [2.24, 2.45) is 0 Å². The highest BCUT2D eigenvalue weighted by molar-refractivity contribution is 8.00. The average Bonchev–Trinajstić information content (AvgIpc) is 3.45. The molecule has 0 fully saturated rings. The summed E-state index contributed by atoms with van der Waals surface area (Å²) in [7, 11) is 0. The Morgan fingerprint density at radius 1 is 0.429 bits per heavy atom. The lowest BCUT2D eigenvalue weighted by Gasteiger charge is -2.41. The molecule has 2 aliphatic carbocycles. The second-order valence-electron chi connectivity index (χ2n) is 16.7. The van der Waals surface area contributed by atoms with Crippen molar-refractivity contribution in [3.8, 4) is 44.9 Å². The summed E-state index contributed by atoms with van der Waals surface area (Å²) in [6.07, 6.45) is 10.1. The van der Waals surface area contributed by atoms with Crippen molar-refractivity contribution in [1.29, 1.82) is 0 Å². The fraction of sp³-hybridized carbons (Fsp3) is 0.0333. The van der Waals surface area contributed by atoms with Crippen molar-refractivity contribution in [3.05, 3.63) is 246 Å². The van der Waals surface area contributed by atoms with Crippen LogP contribution in [-0.4, -0.2) is 9.97 Å². The van der Waals surface area contributed by atoms with Gasteiger partial charge in [0.2, 0.25) is 0 Å². The Labute approximate surface area is 370 Å². The van der Waals surface area contributed by atoms with E-state index in [4.69, 9.17) is 9.97 Å². The summed E-state index contributed by atoms with van der Waals surface area (Å²) >= 11 is 1.95. The molecule has 0 saturated carbocycles. The Kier molecular flexibility index (Phi) is 8.16. The van der Waals surface area contributed by atoms with Crippen molar-refractivity contribution in [2.75, 3.05) is 0 Å². The number of aromatic nitrogens is 2. The number of hydrogen-bond donors (Lipinski definition) is 0. The fourth-order valence-corrected chi connectivity index (χ4v) is 12.0. The van der Waals surface area contributed by atoms with Gasteiger partial charge in [0.15, 0.2) is 5.82 Å². The molecule has 0 bridgehead atoms. The zero-order valence-corrected chi connectivity index (χ0v) is 35.1. The van der Waals surface area contributed by atoms with E-state index < -0.39 is 5.41 Å². The van der Waals surface area contributed by atoms with Crippen molar-refractivity contribution in [3.63, 3.8) is 0 Å². The monoisotopic (exact) mass is 818 g/mol. The van der Waals surface area contributed by atoms with Gasteiger partial charge in [-0.1, -0.05) is 224 Å². The maximum Gasteiger partial charge on any atom is 0.160 e. The van der Waals surface area contributed by atoms with Crippen LogP contribution in [-0.2, 0) is 5.41 Å². The lowest BCUT2D eigenvalue weighted by Crippen LogP contribution is -2.33. The molecule has 0 atom stereocenters. The maximum absolute atomic E-state index is 5.28. The van der Waals surface area contributed by atoms with E-state index in [1.54, 1.807) is 0 Å². The average molecular weight is 819 g/mol. The van der Waals surface area contributed by atoms with Crippen molar-refractivity contribution >= 4 is 49.8 Å². The largest absolute Gasteiger partial charge is 0.228 e. The van der Waals surface area contributed by atoms with Gasteiger partial charge < -0.3 is 0 Å². The molecular formula is C60H38N2S. The van der Waals surface area contributed by atoms with Gasteiger partial charge in [-0.2, -0.15) is 0 Å². The molecule has 1 spiro atoms. The van der Waals surface area contributed by atoms with E-state index in [9.17, 15) is 0 Å². The third-order valence-electron chi connectivity index (χ3n) is 13.4. The highest BCUT2D eigenvalue weighted by Crippen LogP contribution is 2.65. The van der Waals surface area contributed by atoms with Crippen molar-refractivity contribution < 1.29 is 0 Å². The minimum absolute atomic E-state index is 0.497. The summed E-state index contributed by atoms with van der Waals surface area (Å²) in [4.78, 5) is 13.0. The van der Waals surface area contributed by atoms with Crippen LogP contribution >= 0.6 is 11.8 Å². The molecule has 3 aliphatic rings. The van der Waals surface area contributed by atoms with Crippen molar-refractivity contribution in [2.45, 2.75) is 21.6 Å². The number of rotatable bonds is 4.